The Morgan fingerprint density at radius 2 is 1.65 bits per heavy atom. The molecule has 0 aliphatic heterocycles. The van der Waals surface area contributed by atoms with Crippen LogP contribution in [0.25, 0.3) is 0 Å². The maximum absolute atomic E-state index is 6.20. The van der Waals surface area contributed by atoms with Crippen LogP contribution in [0.3, 0.4) is 0 Å². The molecule has 0 spiro atoms. The highest BCUT2D eigenvalue weighted by molar-refractivity contribution is 6.74. The van der Waals surface area contributed by atoms with E-state index in [0.29, 0.717) is 5.04 Å². The van der Waals surface area contributed by atoms with Crippen molar-refractivity contribution in [1.29, 1.82) is 0 Å². The molecule has 0 aromatic heterocycles. The lowest BCUT2D eigenvalue weighted by molar-refractivity contribution is 0.278. The maximum atomic E-state index is 6.20. The second kappa shape index (κ2) is 8.15. The standard InChI is InChI=1S/C17H30OSi2/c1-17(2,3)20(4,5)18-14-10-7-11-15-19-16-12-8-6-9-13-16/h6,8-9,12-13H,7,10-11,14-15H2,1-5H3. The van der Waals surface area contributed by atoms with Gasteiger partial charge in [0, 0.05) is 6.61 Å². The molecule has 0 N–H and O–H groups in total. The van der Waals surface area contributed by atoms with Crippen molar-refractivity contribution in [2.24, 2.45) is 0 Å². The van der Waals surface area contributed by atoms with Gasteiger partial charge >= 0.3 is 0 Å². The van der Waals surface area contributed by atoms with Gasteiger partial charge in [-0.1, -0.05) is 75.2 Å². The molecule has 0 atom stereocenters. The third-order valence-corrected chi connectivity index (χ3v) is 10.1. The fraction of sp³-hybridized carbons (Fsp3) is 0.647. The van der Waals surface area contributed by atoms with Crippen LogP contribution in [0.2, 0.25) is 24.2 Å². The Balaban J connectivity index is 2.06. The fourth-order valence-electron chi connectivity index (χ4n) is 1.74. The van der Waals surface area contributed by atoms with Crippen molar-refractivity contribution in [3.8, 4) is 0 Å². The predicted octanol–water partition coefficient (Wildman–Crippen LogP) is 4.63. The maximum Gasteiger partial charge on any atom is 0.191 e. The number of rotatable bonds is 8. The van der Waals surface area contributed by atoms with Crippen LogP contribution >= 0.6 is 0 Å². The van der Waals surface area contributed by atoms with E-state index < -0.39 is 8.32 Å². The van der Waals surface area contributed by atoms with Crippen LogP contribution in [-0.2, 0) is 4.43 Å². The van der Waals surface area contributed by atoms with Gasteiger partial charge in [0.15, 0.2) is 8.32 Å². The van der Waals surface area contributed by atoms with Crippen molar-refractivity contribution >= 4 is 23.0 Å². The Bertz CT molecular complexity index is 368. The molecule has 1 aromatic rings. The molecule has 3 heteroatoms. The number of hydrogen-bond acceptors (Lipinski definition) is 1. The summed E-state index contributed by atoms with van der Waals surface area (Å²) >= 11 is 0. The van der Waals surface area contributed by atoms with Crippen molar-refractivity contribution in [1.82, 2.24) is 0 Å². The van der Waals surface area contributed by atoms with Crippen LogP contribution in [0.1, 0.15) is 40.0 Å². The second-order valence-corrected chi connectivity index (χ2v) is 13.2. The van der Waals surface area contributed by atoms with Crippen LogP contribution in [0.15, 0.2) is 30.3 Å². The molecular weight excluding hydrogens is 276 g/mol. The van der Waals surface area contributed by atoms with Gasteiger partial charge in [-0.3, -0.25) is 0 Å². The third-order valence-electron chi connectivity index (χ3n) is 4.19. The van der Waals surface area contributed by atoms with Gasteiger partial charge in [0.1, 0.15) is 0 Å². The van der Waals surface area contributed by atoms with Gasteiger partial charge in [0.2, 0.25) is 0 Å². The molecular formula is C17H30OSi2. The van der Waals surface area contributed by atoms with Gasteiger partial charge in [0.25, 0.3) is 0 Å². The summed E-state index contributed by atoms with van der Waals surface area (Å²) in [4.78, 5) is 0. The summed E-state index contributed by atoms with van der Waals surface area (Å²) in [5.41, 5.74) is 0. The zero-order valence-electron chi connectivity index (χ0n) is 13.8. The normalized spacial score (nSPS) is 12.7. The first-order valence-corrected chi connectivity index (χ1v) is 11.9. The molecule has 0 bridgehead atoms. The minimum absolute atomic E-state index is 0.335. The van der Waals surface area contributed by atoms with E-state index in [9.17, 15) is 0 Å². The first-order chi connectivity index (χ1) is 9.33. The van der Waals surface area contributed by atoms with E-state index in [1.165, 1.54) is 30.5 Å². The van der Waals surface area contributed by atoms with Gasteiger partial charge in [-0.15, -0.1) is 0 Å². The van der Waals surface area contributed by atoms with Gasteiger partial charge in [-0.25, -0.2) is 0 Å². The summed E-state index contributed by atoms with van der Waals surface area (Å²) in [7, 11) is -0.560. The first kappa shape index (κ1) is 17.7. The Kier molecular flexibility index (Phi) is 7.20. The average Bonchev–Trinajstić information content (AvgIpc) is 2.37. The lowest BCUT2D eigenvalue weighted by atomic mass is 10.2. The molecule has 1 rings (SSSR count). The molecule has 0 aliphatic rings. The quantitative estimate of drug-likeness (QED) is 0.503. The average molecular weight is 307 g/mol. The zero-order chi connectivity index (χ0) is 15.1. The lowest BCUT2D eigenvalue weighted by Gasteiger charge is -2.36. The van der Waals surface area contributed by atoms with E-state index in [2.05, 4.69) is 64.2 Å². The van der Waals surface area contributed by atoms with E-state index in [4.69, 9.17) is 4.43 Å². The molecule has 0 saturated heterocycles. The van der Waals surface area contributed by atoms with Crippen LogP contribution < -0.4 is 5.19 Å². The molecule has 1 aromatic carbocycles. The predicted molar refractivity (Wildman–Crippen MR) is 93.6 cm³/mol. The summed E-state index contributed by atoms with van der Waals surface area (Å²) in [6.07, 6.45) is 3.84. The Hall–Kier alpha value is -0.386. The van der Waals surface area contributed by atoms with E-state index in [0.717, 1.165) is 16.1 Å². The largest absolute Gasteiger partial charge is 0.417 e. The van der Waals surface area contributed by atoms with Crippen molar-refractivity contribution in [2.75, 3.05) is 6.61 Å². The molecule has 20 heavy (non-hydrogen) atoms. The summed E-state index contributed by atoms with van der Waals surface area (Å²) < 4.78 is 6.20. The van der Waals surface area contributed by atoms with Crippen molar-refractivity contribution in [3.05, 3.63) is 30.3 Å². The van der Waals surface area contributed by atoms with Crippen LogP contribution in [-0.4, -0.2) is 24.4 Å². The summed E-state index contributed by atoms with van der Waals surface area (Å²) in [5.74, 6) is 0. The molecule has 0 amide bonds. The number of benzene rings is 1. The smallest absolute Gasteiger partial charge is 0.191 e. The Morgan fingerprint density at radius 1 is 1.00 bits per heavy atom. The summed E-state index contributed by atoms with van der Waals surface area (Å²) in [5, 5.41) is 1.83. The highest BCUT2D eigenvalue weighted by Gasteiger charge is 2.36. The Morgan fingerprint density at radius 3 is 2.25 bits per heavy atom. The van der Waals surface area contributed by atoms with Crippen molar-refractivity contribution < 1.29 is 4.43 Å². The SMILES string of the molecule is CC(C)(C)[Si](C)(C)OCCCCC[Si]c1ccccc1. The lowest BCUT2D eigenvalue weighted by Crippen LogP contribution is -2.40. The molecule has 1 nitrogen and oxygen atoms in total. The first-order valence-electron chi connectivity index (χ1n) is 7.76. The monoisotopic (exact) mass is 306 g/mol. The van der Waals surface area contributed by atoms with Crippen LogP contribution in [0.4, 0.5) is 0 Å². The minimum Gasteiger partial charge on any atom is -0.417 e. The fourth-order valence-corrected chi connectivity index (χ4v) is 3.97. The van der Waals surface area contributed by atoms with Gasteiger partial charge in [-0.2, -0.15) is 0 Å². The molecule has 0 unspecified atom stereocenters. The van der Waals surface area contributed by atoms with E-state index in [-0.39, 0.29) is 0 Å². The van der Waals surface area contributed by atoms with Crippen molar-refractivity contribution in [3.63, 3.8) is 0 Å². The minimum atomic E-state index is -1.52. The number of hydrogen-bond donors (Lipinski definition) is 0. The molecule has 0 saturated carbocycles. The summed E-state index contributed by atoms with van der Waals surface area (Å²) in [6.45, 7) is 12.5. The van der Waals surface area contributed by atoms with Gasteiger partial charge in [0.05, 0.1) is 9.52 Å². The van der Waals surface area contributed by atoms with Crippen LogP contribution in [0, 0.1) is 0 Å². The highest BCUT2D eigenvalue weighted by Crippen LogP contribution is 2.36. The highest BCUT2D eigenvalue weighted by atomic mass is 28.4. The van der Waals surface area contributed by atoms with Crippen molar-refractivity contribution in [2.45, 2.75) is 64.2 Å². The summed E-state index contributed by atoms with van der Waals surface area (Å²) in [6, 6.07) is 12.2. The van der Waals surface area contributed by atoms with E-state index in [1.54, 1.807) is 0 Å². The molecule has 112 valence electrons. The van der Waals surface area contributed by atoms with Gasteiger partial charge < -0.3 is 4.43 Å². The second-order valence-electron chi connectivity index (χ2n) is 6.96. The van der Waals surface area contributed by atoms with Crippen LogP contribution in [0.5, 0.6) is 0 Å². The number of unbranched alkanes of at least 4 members (excludes halogenated alkanes) is 2. The van der Waals surface area contributed by atoms with E-state index >= 15 is 0 Å². The topological polar surface area (TPSA) is 9.23 Å². The van der Waals surface area contributed by atoms with Gasteiger partial charge in [-0.05, 0) is 24.6 Å². The van der Waals surface area contributed by atoms with E-state index in [1.807, 2.05) is 0 Å². The molecule has 2 radical (unpaired) electrons. The Labute approximate surface area is 129 Å². The molecule has 0 fully saturated rings. The molecule has 0 heterocycles. The third kappa shape index (κ3) is 6.38. The molecule has 0 aliphatic carbocycles. The zero-order valence-corrected chi connectivity index (χ0v) is 15.8.